The van der Waals surface area contributed by atoms with Gasteiger partial charge in [-0.2, -0.15) is 5.10 Å². The van der Waals surface area contributed by atoms with Crippen molar-refractivity contribution in [2.75, 3.05) is 24.9 Å². The van der Waals surface area contributed by atoms with Gasteiger partial charge in [0.05, 0.1) is 25.6 Å². The minimum absolute atomic E-state index is 0.385. The average molecular weight is 290 g/mol. The Labute approximate surface area is 122 Å². The van der Waals surface area contributed by atoms with Crippen LogP contribution in [0.25, 0.3) is 0 Å². The fourth-order valence-electron chi connectivity index (χ4n) is 1.91. The normalized spacial score (nSPS) is 10.1. The van der Waals surface area contributed by atoms with Crippen LogP contribution in [0.5, 0.6) is 11.5 Å². The fraction of sp³-hybridized carbons (Fsp3) is 0.286. The molecule has 0 saturated heterocycles. The van der Waals surface area contributed by atoms with Crippen LogP contribution in [0.15, 0.2) is 24.3 Å². The molecule has 7 heteroatoms. The standard InChI is InChI=1S/C14H18N4O3/c1-9-7-13(18(2)17-9)16-14(19)15-11-8-10(20-3)5-6-12(11)21-4/h5-8H,1-4H3,(H2,15,16,19). The van der Waals surface area contributed by atoms with Crippen molar-refractivity contribution in [2.24, 2.45) is 7.05 Å². The molecule has 2 N–H and O–H groups in total. The number of aromatic nitrogens is 2. The Kier molecular flexibility index (Phi) is 4.32. The Morgan fingerprint density at radius 1 is 1.19 bits per heavy atom. The molecule has 112 valence electrons. The molecule has 0 atom stereocenters. The van der Waals surface area contributed by atoms with Crippen LogP contribution in [-0.4, -0.2) is 30.0 Å². The molecule has 1 aromatic heterocycles. The van der Waals surface area contributed by atoms with E-state index < -0.39 is 0 Å². The molecule has 1 aromatic carbocycles. The number of anilines is 2. The van der Waals surface area contributed by atoms with Crippen molar-refractivity contribution in [2.45, 2.75) is 6.92 Å². The summed E-state index contributed by atoms with van der Waals surface area (Å²) in [5.41, 5.74) is 1.35. The number of amides is 2. The summed E-state index contributed by atoms with van der Waals surface area (Å²) in [6.07, 6.45) is 0. The molecule has 0 radical (unpaired) electrons. The van der Waals surface area contributed by atoms with Gasteiger partial charge in [-0.1, -0.05) is 0 Å². The number of aryl methyl sites for hydroxylation is 2. The van der Waals surface area contributed by atoms with E-state index in [1.165, 1.54) is 7.11 Å². The van der Waals surface area contributed by atoms with Gasteiger partial charge in [0.25, 0.3) is 0 Å². The van der Waals surface area contributed by atoms with Crippen molar-refractivity contribution >= 4 is 17.5 Å². The number of rotatable bonds is 4. The zero-order valence-corrected chi connectivity index (χ0v) is 12.4. The maximum Gasteiger partial charge on any atom is 0.324 e. The van der Waals surface area contributed by atoms with Crippen LogP contribution >= 0.6 is 0 Å². The van der Waals surface area contributed by atoms with Crippen LogP contribution in [0.4, 0.5) is 16.3 Å². The van der Waals surface area contributed by atoms with Gasteiger partial charge < -0.3 is 14.8 Å². The summed E-state index contributed by atoms with van der Waals surface area (Å²) >= 11 is 0. The summed E-state index contributed by atoms with van der Waals surface area (Å²) in [6.45, 7) is 1.86. The minimum atomic E-state index is -0.385. The quantitative estimate of drug-likeness (QED) is 0.906. The first kappa shape index (κ1) is 14.7. The molecule has 2 amide bonds. The van der Waals surface area contributed by atoms with Crippen LogP contribution < -0.4 is 20.1 Å². The first-order valence-corrected chi connectivity index (χ1v) is 6.34. The summed E-state index contributed by atoms with van der Waals surface area (Å²) in [7, 11) is 4.86. The van der Waals surface area contributed by atoms with E-state index in [1.807, 2.05) is 6.92 Å². The Balaban J connectivity index is 2.13. The molecule has 0 spiro atoms. The van der Waals surface area contributed by atoms with Gasteiger partial charge in [-0.15, -0.1) is 0 Å². The van der Waals surface area contributed by atoms with E-state index in [2.05, 4.69) is 15.7 Å². The molecule has 0 aliphatic rings. The number of hydrogen-bond acceptors (Lipinski definition) is 4. The molecule has 0 aliphatic heterocycles. The zero-order valence-electron chi connectivity index (χ0n) is 12.4. The van der Waals surface area contributed by atoms with E-state index in [1.54, 1.807) is 43.1 Å². The molecule has 7 nitrogen and oxygen atoms in total. The van der Waals surface area contributed by atoms with Crippen molar-refractivity contribution in [1.29, 1.82) is 0 Å². The van der Waals surface area contributed by atoms with Crippen LogP contribution in [0.1, 0.15) is 5.69 Å². The van der Waals surface area contributed by atoms with Crippen LogP contribution in [0.3, 0.4) is 0 Å². The number of benzene rings is 1. The molecule has 2 aromatic rings. The fourth-order valence-corrected chi connectivity index (χ4v) is 1.91. The topological polar surface area (TPSA) is 77.4 Å². The van der Waals surface area contributed by atoms with Gasteiger partial charge >= 0.3 is 6.03 Å². The number of urea groups is 1. The van der Waals surface area contributed by atoms with E-state index in [4.69, 9.17) is 9.47 Å². The lowest BCUT2D eigenvalue weighted by Gasteiger charge is -2.12. The first-order valence-electron chi connectivity index (χ1n) is 6.34. The summed E-state index contributed by atoms with van der Waals surface area (Å²) in [5.74, 6) is 1.78. The smallest absolute Gasteiger partial charge is 0.324 e. The highest BCUT2D eigenvalue weighted by atomic mass is 16.5. The number of hydrogen-bond donors (Lipinski definition) is 2. The zero-order chi connectivity index (χ0) is 15.4. The van der Waals surface area contributed by atoms with Gasteiger partial charge in [0.1, 0.15) is 17.3 Å². The maximum absolute atomic E-state index is 12.1. The van der Waals surface area contributed by atoms with E-state index in [0.717, 1.165) is 5.69 Å². The molecular weight excluding hydrogens is 272 g/mol. The third kappa shape index (κ3) is 3.44. The SMILES string of the molecule is COc1ccc(OC)c(NC(=O)Nc2cc(C)nn2C)c1. The monoisotopic (exact) mass is 290 g/mol. The number of nitrogens with one attached hydrogen (secondary N) is 2. The molecule has 0 aliphatic carbocycles. The molecule has 0 bridgehead atoms. The molecule has 0 fully saturated rings. The van der Waals surface area contributed by atoms with Crippen molar-refractivity contribution in [3.63, 3.8) is 0 Å². The van der Waals surface area contributed by atoms with E-state index >= 15 is 0 Å². The van der Waals surface area contributed by atoms with Crippen LogP contribution in [0.2, 0.25) is 0 Å². The van der Waals surface area contributed by atoms with Crippen molar-refractivity contribution in [3.8, 4) is 11.5 Å². The van der Waals surface area contributed by atoms with E-state index in [0.29, 0.717) is 23.0 Å². The largest absolute Gasteiger partial charge is 0.497 e. The van der Waals surface area contributed by atoms with Crippen molar-refractivity contribution < 1.29 is 14.3 Å². The second-order valence-corrected chi connectivity index (χ2v) is 4.44. The summed E-state index contributed by atoms with van der Waals surface area (Å²) in [5, 5.41) is 9.61. The lowest BCUT2D eigenvalue weighted by molar-refractivity contribution is 0.262. The summed E-state index contributed by atoms with van der Waals surface area (Å²) < 4.78 is 11.9. The summed E-state index contributed by atoms with van der Waals surface area (Å²) in [4.78, 5) is 12.1. The van der Waals surface area contributed by atoms with Gasteiger partial charge in [0, 0.05) is 19.2 Å². The van der Waals surface area contributed by atoms with Gasteiger partial charge in [-0.25, -0.2) is 4.79 Å². The third-order valence-corrected chi connectivity index (χ3v) is 2.90. The van der Waals surface area contributed by atoms with Gasteiger partial charge in [-0.05, 0) is 19.1 Å². The van der Waals surface area contributed by atoms with Crippen molar-refractivity contribution in [3.05, 3.63) is 30.0 Å². The molecule has 1 heterocycles. The maximum atomic E-state index is 12.1. The highest BCUT2D eigenvalue weighted by molar-refractivity contribution is 6.00. The molecule has 0 unspecified atom stereocenters. The number of carbonyl (C=O) groups excluding carboxylic acids is 1. The highest BCUT2D eigenvalue weighted by Crippen LogP contribution is 2.28. The third-order valence-electron chi connectivity index (χ3n) is 2.90. The van der Waals surface area contributed by atoms with Gasteiger partial charge in [0.2, 0.25) is 0 Å². The second-order valence-electron chi connectivity index (χ2n) is 4.44. The van der Waals surface area contributed by atoms with E-state index in [-0.39, 0.29) is 6.03 Å². The molecule has 21 heavy (non-hydrogen) atoms. The Morgan fingerprint density at radius 3 is 2.52 bits per heavy atom. The Bertz CT molecular complexity index is 652. The van der Waals surface area contributed by atoms with Crippen LogP contribution in [-0.2, 0) is 7.05 Å². The molecule has 2 rings (SSSR count). The van der Waals surface area contributed by atoms with E-state index in [9.17, 15) is 4.79 Å². The first-order chi connectivity index (χ1) is 10.0. The Hall–Kier alpha value is -2.70. The van der Waals surface area contributed by atoms with Crippen LogP contribution in [0, 0.1) is 6.92 Å². The second kappa shape index (κ2) is 6.17. The predicted molar refractivity (Wildman–Crippen MR) is 80.1 cm³/mol. The van der Waals surface area contributed by atoms with Gasteiger partial charge in [-0.3, -0.25) is 10.00 Å². The number of ether oxygens (including phenoxy) is 2. The number of methoxy groups -OCH3 is 2. The lowest BCUT2D eigenvalue weighted by atomic mass is 10.2. The van der Waals surface area contributed by atoms with Gasteiger partial charge in [0.15, 0.2) is 0 Å². The number of nitrogens with zero attached hydrogens (tertiary/aromatic N) is 2. The Morgan fingerprint density at radius 2 is 1.95 bits per heavy atom. The molecule has 0 saturated carbocycles. The molecular formula is C14H18N4O3. The minimum Gasteiger partial charge on any atom is -0.497 e. The summed E-state index contributed by atoms with van der Waals surface area (Å²) in [6, 6.07) is 6.56. The lowest BCUT2D eigenvalue weighted by Crippen LogP contribution is -2.21. The number of carbonyl (C=O) groups is 1. The highest BCUT2D eigenvalue weighted by Gasteiger charge is 2.11. The van der Waals surface area contributed by atoms with Crippen molar-refractivity contribution in [1.82, 2.24) is 9.78 Å². The average Bonchev–Trinajstić information content (AvgIpc) is 2.76. The predicted octanol–water partition coefficient (Wildman–Crippen LogP) is 2.39.